The Morgan fingerprint density at radius 1 is 1.10 bits per heavy atom. The molecule has 2 aromatic heterocycles. The van der Waals surface area contributed by atoms with E-state index in [2.05, 4.69) is 31.2 Å². The Morgan fingerprint density at radius 3 is 2.48 bits per heavy atom. The first kappa shape index (κ1) is 19.3. The number of hydrogen-bond donors (Lipinski definition) is 1. The zero-order chi connectivity index (χ0) is 20.4. The summed E-state index contributed by atoms with van der Waals surface area (Å²) in [7, 11) is 0. The second kappa shape index (κ2) is 8.17. The Labute approximate surface area is 174 Å². The molecule has 0 aliphatic carbocycles. The van der Waals surface area contributed by atoms with Crippen molar-refractivity contribution in [3.63, 3.8) is 0 Å². The van der Waals surface area contributed by atoms with E-state index in [9.17, 15) is 4.79 Å². The van der Waals surface area contributed by atoms with E-state index < -0.39 is 0 Å². The second-order valence-electron chi connectivity index (χ2n) is 7.28. The number of aromatic nitrogens is 3. The molecule has 0 saturated heterocycles. The maximum Gasteiger partial charge on any atom is 0.251 e. The molecule has 0 unspecified atom stereocenters. The molecule has 1 amide bonds. The minimum atomic E-state index is -0.0970. The molecule has 0 fully saturated rings. The van der Waals surface area contributed by atoms with Crippen LogP contribution in [0.2, 0.25) is 0 Å². The van der Waals surface area contributed by atoms with E-state index in [1.54, 1.807) is 11.3 Å². The van der Waals surface area contributed by atoms with Crippen LogP contribution in [-0.2, 0) is 13.0 Å². The number of nitrogens with zero attached hydrogens (tertiary/aromatic N) is 3. The fourth-order valence-corrected chi connectivity index (χ4v) is 4.10. The number of amides is 1. The molecule has 6 heteroatoms. The van der Waals surface area contributed by atoms with Crippen molar-refractivity contribution < 1.29 is 4.79 Å². The van der Waals surface area contributed by atoms with Gasteiger partial charge in [-0.2, -0.15) is 5.10 Å². The van der Waals surface area contributed by atoms with Gasteiger partial charge in [-0.15, -0.1) is 0 Å². The fraction of sp³-hybridized carbons (Fsp3) is 0.261. The van der Waals surface area contributed by atoms with Gasteiger partial charge in [0.15, 0.2) is 0 Å². The summed E-state index contributed by atoms with van der Waals surface area (Å²) in [5.74, 6) is 0.346. The van der Waals surface area contributed by atoms with Crippen LogP contribution in [0.5, 0.6) is 0 Å². The third kappa shape index (κ3) is 3.93. The van der Waals surface area contributed by atoms with E-state index in [-0.39, 0.29) is 5.91 Å². The molecule has 0 saturated carbocycles. The summed E-state index contributed by atoms with van der Waals surface area (Å²) < 4.78 is 1.87. The molecule has 2 heterocycles. The van der Waals surface area contributed by atoms with Crippen molar-refractivity contribution in [2.45, 2.75) is 39.7 Å². The second-order valence-corrected chi connectivity index (χ2v) is 8.32. The van der Waals surface area contributed by atoms with E-state index in [0.29, 0.717) is 18.0 Å². The number of benzene rings is 2. The summed E-state index contributed by atoms with van der Waals surface area (Å²) >= 11 is 1.59. The first-order valence-electron chi connectivity index (χ1n) is 9.87. The lowest BCUT2D eigenvalue weighted by Gasteiger charge is -2.09. The van der Waals surface area contributed by atoms with Crippen LogP contribution in [0.3, 0.4) is 0 Å². The molecule has 0 spiro atoms. The van der Waals surface area contributed by atoms with Crippen LogP contribution < -0.4 is 5.32 Å². The molecule has 0 radical (unpaired) electrons. The molecule has 5 nitrogen and oxygen atoms in total. The lowest BCUT2D eigenvalue weighted by Crippen LogP contribution is -2.24. The Morgan fingerprint density at radius 2 is 1.83 bits per heavy atom. The van der Waals surface area contributed by atoms with E-state index in [4.69, 9.17) is 4.98 Å². The van der Waals surface area contributed by atoms with Gasteiger partial charge < -0.3 is 5.32 Å². The van der Waals surface area contributed by atoms with Crippen LogP contribution >= 0.6 is 11.3 Å². The molecule has 4 aromatic rings. The zero-order valence-electron chi connectivity index (χ0n) is 16.8. The van der Waals surface area contributed by atoms with Gasteiger partial charge in [-0.05, 0) is 30.0 Å². The van der Waals surface area contributed by atoms with Gasteiger partial charge >= 0.3 is 0 Å². The van der Waals surface area contributed by atoms with Gasteiger partial charge in [0.2, 0.25) is 4.96 Å². The Hall–Kier alpha value is -2.99. The maximum atomic E-state index is 12.7. The largest absolute Gasteiger partial charge is 0.346 e. The van der Waals surface area contributed by atoms with Gasteiger partial charge in [0.05, 0.1) is 17.9 Å². The van der Waals surface area contributed by atoms with E-state index >= 15 is 0 Å². The Bertz CT molecular complexity index is 1130. The highest BCUT2D eigenvalue weighted by atomic mass is 32.1. The van der Waals surface area contributed by atoms with Crippen LogP contribution in [0.25, 0.3) is 16.2 Å². The summed E-state index contributed by atoms with van der Waals surface area (Å²) in [5.41, 5.74) is 4.66. The number of carbonyl (C=O) groups excluding carboxylic acids is 1. The summed E-state index contributed by atoms with van der Waals surface area (Å²) in [4.78, 5) is 18.4. The molecule has 1 N–H and O–H groups in total. The third-order valence-corrected chi connectivity index (χ3v) is 6.00. The number of nitrogens with one attached hydrogen (secondary N) is 1. The van der Waals surface area contributed by atoms with Crippen molar-refractivity contribution in [2.75, 3.05) is 0 Å². The first-order valence-corrected chi connectivity index (χ1v) is 10.7. The number of carbonyl (C=O) groups is 1. The van der Waals surface area contributed by atoms with Crippen LogP contribution in [0.1, 0.15) is 53.3 Å². The van der Waals surface area contributed by atoms with Gasteiger partial charge in [0, 0.05) is 11.1 Å². The lowest BCUT2D eigenvalue weighted by molar-refractivity contribution is 0.0950. The van der Waals surface area contributed by atoms with E-state index in [1.165, 1.54) is 5.56 Å². The van der Waals surface area contributed by atoms with Crippen molar-refractivity contribution in [2.24, 2.45) is 0 Å². The smallest absolute Gasteiger partial charge is 0.251 e. The summed E-state index contributed by atoms with van der Waals surface area (Å²) in [6.07, 6.45) is 0.864. The minimum absolute atomic E-state index is 0.0970. The number of imidazole rings is 1. The SMILES string of the molecule is CCc1nn2c(CNC(=O)c3ccc(C(C)C)cc3)c(-c3ccccc3)nc2s1. The van der Waals surface area contributed by atoms with Crippen molar-refractivity contribution in [3.8, 4) is 11.3 Å². The zero-order valence-corrected chi connectivity index (χ0v) is 17.7. The van der Waals surface area contributed by atoms with Crippen LogP contribution in [0, 0.1) is 0 Å². The number of aryl methyl sites for hydroxylation is 1. The Kier molecular flexibility index (Phi) is 5.45. The number of fused-ring (bicyclic) bond motifs is 1. The van der Waals surface area contributed by atoms with Gasteiger partial charge in [-0.3, -0.25) is 4.79 Å². The normalized spacial score (nSPS) is 11.3. The average molecular weight is 405 g/mol. The average Bonchev–Trinajstić information content (AvgIpc) is 3.30. The molecule has 4 rings (SSSR count). The maximum absolute atomic E-state index is 12.7. The molecule has 0 atom stereocenters. The standard InChI is InChI=1S/C23H24N4OS/c1-4-20-26-27-19(21(25-23(27)29-20)17-8-6-5-7-9-17)14-24-22(28)18-12-10-16(11-13-18)15(2)3/h5-13,15H,4,14H2,1-3H3,(H,24,28). The van der Waals surface area contributed by atoms with Crippen molar-refractivity contribution in [1.82, 2.24) is 19.9 Å². The third-order valence-electron chi connectivity index (χ3n) is 4.94. The number of hydrogen-bond acceptors (Lipinski definition) is 4. The van der Waals surface area contributed by atoms with Crippen molar-refractivity contribution in [1.29, 1.82) is 0 Å². The lowest BCUT2D eigenvalue weighted by atomic mass is 10.0. The van der Waals surface area contributed by atoms with Crippen molar-refractivity contribution >= 4 is 22.2 Å². The van der Waals surface area contributed by atoms with E-state index in [0.717, 1.165) is 33.3 Å². The van der Waals surface area contributed by atoms with Gasteiger partial charge in [-0.25, -0.2) is 9.50 Å². The summed E-state index contributed by atoms with van der Waals surface area (Å²) in [5, 5.41) is 8.76. The molecule has 148 valence electrons. The Balaban J connectivity index is 1.62. The fourth-order valence-electron chi connectivity index (χ4n) is 3.24. The van der Waals surface area contributed by atoms with Crippen LogP contribution in [0.4, 0.5) is 0 Å². The summed E-state index contributed by atoms with van der Waals surface area (Å²) in [6, 6.07) is 17.8. The molecular formula is C23H24N4OS. The topological polar surface area (TPSA) is 59.3 Å². The molecule has 29 heavy (non-hydrogen) atoms. The van der Waals surface area contributed by atoms with Gasteiger partial charge in [-0.1, -0.05) is 74.6 Å². The first-order chi connectivity index (χ1) is 14.1. The predicted molar refractivity (Wildman–Crippen MR) is 117 cm³/mol. The highest BCUT2D eigenvalue weighted by molar-refractivity contribution is 7.16. The van der Waals surface area contributed by atoms with Crippen LogP contribution in [0.15, 0.2) is 54.6 Å². The quantitative estimate of drug-likeness (QED) is 0.488. The van der Waals surface area contributed by atoms with Crippen molar-refractivity contribution in [3.05, 3.63) is 76.4 Å². The number of rotatable bonds is 6. The van der Waals surface area contributed by atoms with Crippen LogP contribution in [-0.4, -0.2) is 20.5 Å². The molecule has 0 bridgehead atoms. The highest BCUT2D eigenvalue weighted by Crippen LogP contribution is 2.27. The monoisotopic (exact) mass is 404 g/mol. The molecular weight excluding hydrogens is 380 g/mol. The highest BCUT2D eigenvalue weighted by Gasteiger charge is 2.18. The molecule has 0 aliphatic heterocycles. The molecule has 0 aliphatic rings. The van der Waals surface area contributed by atoms with Gasteiger partial charge in [0.25, 0.3) is 5.91 Å². The molecule has 2 aromatic carbocycles. The predicted octanol–water partition coefficient (Wildman–Crippen LogP) is 5.07. The van der Waals surface area contributed by atoms with E-state index in [1.807, 2.05) is 59.1 Å². The minimum Gasteiger partial charge on any atom is -0.346 e. The summed E-state index contributed by atoms with van der Waals surface area (Å²) in [6.45, 7) is 6.73. The van der Waals surface area contributed by atoms with Gasteiger partial charge in [0.1, 0.15) is 5.01 Å².